The minimum atomic E-state index is 0.990. The molecule has 0 aliphatic heterocycles. The number of nitrogens with one attached hydrogen (secondary N) is 1. The monoisotopic (exact) mass is 153 g/mol. The first kappa shape index (κ1) is 7.35. The van der Waals surface area contributed by atoms with Crippen molar-refractivity contribution in [3.05, 3.63) is 35.2 Å². The van der Waals surface area contributed by atoms with Gasteiger partial charge in [0.2, 0.25) is 0 Å². The molecule has 0 aliphatic carbocycles. The van der Waals surface area contributed by atoms with Crippen molar-refractivity contribution in [3.8, 4) is 0 Å². The minimum absolute atomic E-state index is 0.990. The third-order valence-corrected chi connectivity index (χ3v) is 2.18. The molecule has 0 radical (unpaired) electrons. The maximum Gasteiger partial charge on any atom is 0.0189 e. The van der Waals surface area contributed by atoms with Crippen LogP contribution in [0.15, 0.2) is 30.3 Å². The number of rotatable bonds is 4. The van der Waals surface area contributed by atoms with Crippen molar-refractivity contribution in [2.75, 3.05) is 6.54 Å². The lowest BCUT2D eigenvalue weighted by Crippen LogP contribution is -2.07. The highest BCUT2D eigenvalue weighted by Gasteiger charge is 1.89. The second-order valence-corrected chi connectivity index (χ2v) is 3.02. The molecule has 0 aromatic carbocycles. The van der Waals surface area contributed by atoms with Gasteiger partial charge in [-0.15, -0.1) is 11.3 Å². The van der Waals surface area contributed by atoms with Crippen molar-refractivity contribution < 1.29 is 0 Å². The highest BCUT2D eigenvalue weighted by molar-refractivity contribution is 7.09. The Balaban J connectivity index is 2.21. The maximum atomic E-state index is 3.57. The zero-order valence-electron chi connectivity index (χ0n) is 5.84. The van der Waals surface area contributed by atoms with Crippen LogP contribution in [0.2, 0.25) is 0 Å². The fourth-order valence-electron chi connectivity index (χ4n) is 0.752. The number of hydrogen-bond acceptors (Lipinski definition) is 2. The van der Waals surface area contributed by atoms with E-state index < -0.39 is 0 Å². The van der Waals surface area contributed by atoms with E-state index in [1.54, 1.807) is 17.5 Å². The summed E-state index contributed by atoms with van der Waals surface area (Å²) in [4.78, 5) is 1.43. The average Bonchev–Trinajstić information content (AvgIpc) is 2.41. The van der Waals surface area contributed by atoms with Gasteiger partial charge in [0.1, 0.15) is 0 Å². The summed E-state index contributed by atoms with van der Waals surface area (Å²) in [6.07, 6.45) is 2.83. The molecule has 1 heterocycles. The molecule has 1 rings (SSSR count). The molecule has 0 fully saturated rings. The standard InChI is InChI=1S/C8H11NS/c1-2-9-6-5-8-4-3-7-10-8/h2-4,7,9H,1,5-6H2. The van der Waals surface area contributed by atoms with E-state index in [9.17, 15) is 0 Å². The molecule has 2 heteroatoms. The predicted octanol–water partition coefficient (Wildman–Crippen LogP) is 2.02. The van der Waals surface area contributed by atoms with Crippen LogP contribution in [0.1, 0.15) is 4.88 Å². The molecule has 0 aliphatic rings. The summed E-state index contributed by atoms with van der Waals surface area (Å²) in [5.74, 6) is 0. The Morgan fingerprint density at radius 2 is 2.60 bits per heavy atom. The van der Waals surface area contributed by atoms with Gasteiger partial charge in [-0.1, -0.05) is 12.6 Å². The van der Waals surface area contributed by atoms with Gasteiger partial charge in [0, 0.05) is 11.4 Å². The summed E-state index contributed by atoms with van der Waals surface area (Å²) in [7, 11) is 0. The SMILES string of the molecule is C=CNCCc1cccs1. The second kappa shape index (κ2) is 4.12. The summed E-state index contributed by atoms with van der Waals surface area (Å²) >= 11 is 1.80. The van der Waals surface area contributed by atoms with Crippen LogP contribution in [0, 0.1) is 0 Å². The highest BCUT2D eigenvalue weighted by Crippen LogP contribution is 2.07. The lowest BCUT2D eigenvalue weighted by atomic mass is 10.3. The fraction of sp³-hybridized carbons (Fsp3) is 0.250. The Kier molecular flexibility index (Phi) is 3.03. The molecule has 0 atom stereocenters. The van der Waals surface area contributed by atoms with Crippen molar-refractivity contribution in [2.45, 2.75) is 6.42 Å². The van der Waals surface area contributed by atoms with E-state index in [2.05, 4.69) is 29.4 Å². The molecule has 0 saturated carbocycles. The van der Waals surface area contributed by atoms with Gasteiger partial charge in [-0.25, -0.2) is 0 Å². The van der Waals surface area contributed by atoms with Crippen molar-refractivity contribution in [1.29, 1.82) is 0 Å². The fourth-order valence-corrected chi connectivity index (χ4v) is 1.46. The molecular formula is C8H11NS. The lowest BCUT2D eigenvalue weighted by molar-refractivity contribution is 0.844. The molecule has 1 N–H and O–H groups in total. The van der Waals surface area contributed by atoms with E-state index in [1.807, 2.05) is 0 Å². The number of thiophene rings is 1. The topological polar surface area (TPSA) is 12.0 Å². The van der Waals surface area contributed by atoms with Crippen molar-refractivity contribution >= 4 is 11.3 Å². The van der Waals surface area contributed by atoms with Gasteiger partial charge in [-0.2, -0.15) is 0 Å². The third-order valence-electron chi connectivity index (χ3n) is 1.24. The van der Waals surface area contributed by atoms with Crippen LogP contribution in [0.3, 0.4) is 0 Å². The Hall–Kier alpha value is -0.760. The lowest BCUT2D eigenvalue weighted by Gasteiger charge is -1.95. The first-order valence-electron chi connectivity index (χ1n) is 3.30. The first-order valence-corrected chi connectivity index (χ1v) is 4.18. The van der Waals surface area contributed by atoms with Crippen LogP contribution in [0.4, 0.5) is 0 Å². The summed E-state index contributed by atoms with van der Waals surface area (Å²) in [6, 6.07) is 4.23. The number of hydrogen-bond donors (Lipinski definition) is 1. The Morgan fingerprint density at radius 3 is 3.20 bits per heavy atom. The third kappa shape index (κ3) is 2.23. The minimum Gasteiger partial charge on any atom is -0.391 e. The van der Waals surface area contributed by atoms with Gasteiger partial charge in [0.15, 0.2) is 0 Å². The van der Waals surface area contributed by atoms with Crippen LogP contribution in [-0.2, 0) is 6.42 Å². The normalized spacial score (nSPS) is 9.20. The molecule has 54 valence electrons. The largest absolute Gasteiger partial charge is 0.391 e. The Bertz CT molecular complexity index is 179. The highest BCUT2D eigenvalue weighted by atomic mass is 32.1. The van der Waals surface area contributed by atoms with Crippen LogP contribution in [-0.4, -0.2) is 6.54 Å². The van der Waals surface area contributed by atoms with Crippen LogP contribution in [0.25, 0.3) is 0 Å². The van der Waals surface area contributed by atoms with E-state index >= 15 is 0 Å². The van der Waals surface area contributed by atoms with Crippen LogP contribution >= 0.6 is 11.3 Å². The van der Waals surface area contributed by atoms with E-state index in [4.69, 9.17) is 0 Å². The van der Waals surface area contributed by atoms with Crippen molar-refractivity contribution in [1.82, 2.24) is 5.32 Å². The predicted molar refractivity (Wildman–Crippen MR) is 46.2 cm³/mol. The first-order chi connectivity index (χ1) is 4.93. The van der Waals surface area contributed by atoms with Gasteiger partial charge in [-0.05, 0) is 24.1 Å². The molecule has 0 saturated heterocycles. The molecule has 1 aromatic rings. The molecular weight excluding hydrogens is 142 g/mol. The summed E-state index contributed by atoms with van der Waals surface area (Å²) in [5.41, 5.74) is 0. The molecule has 10 heavy (non-hydrogen) atoms. The summed E-state index contributed by atoms with van der Waals surface area (Å²) < 4.78 is 0. The maximum absolute atomic E-state index is 3.57. The van der Waals surface area contributed by atoms with E-state index in [0.29, 0.717) is 0 Å². The average molecular weight is 153 g/mol. The Labute approximate surface area is 65.4 Å². The van der Waals surface area contributed by atoms with E-state index in [0.717, 1.165) is 13.0 Å². The zero-order chi connectivity index (χ0) is 7.23. The van der Waals surface area contributed by atoms with Crippen LogP contribution in [0.5, 0.6) is 0 Å². The molecule has 0 unspecified atom stereocenters. The summed E-state index contributed by atoms with van der Waals surface area (Å²) in [5, 5.41) is 5.16. The van der Waals surface area contributed by atoms with Gasteiger partial charge in [-0.3, -0.25) is 0 Å². The summed E-state index contributed by atoms with van der Waals surface area (Å²) in [6.45, 7) is 4.56. The van der Waals surface area contributed by atoms with E-state index in [-0.39, 0.29) is 0 Å². The quantitative estimate of drug-likeness (QED) is 0.653. The van der Waals surface area contributed by atoms with E-state index in [1.165, 1.54) is 4.88 Å². The van der Waals surface area contributed by atoms with Crippen LogP contribution < -0.4 is 5.32 Å². The van der Waals surface area contributed by atoms with Crippen molar-refractivity contribution in [3.63, 3.8) is 0 Å². The molecule has 1 aromatic heterocycles. The van der Waals surface area contributed by atoms with Gasteiger partial charge in [0.25, 0.3) is 0 Å². The molecule has 1 nitrogen and oxygen atoms in total. The molecule has 0 bridgehead atoms. The van der Waals surface area contributed by atoms with Crippen molar-refractivity contribution in [2.24, 2.45) is 0 Å². The zero-order valence-corrected chi connectivity index (χ0v) is 6.66. The van der Waals surface area contributed by atoms with Gasteiger partial charge >= 0.3 is 0 Å². The smallest absolute Gasteiger partial charge is 0.0189 e. The second-order valence-electron chi connectivity index (χ2n) is 1.99. The van der Waals surface area contributed by atoms with Gasteiger partial charge in [0.05, 0.1) is 0 Å². The Morgan fingerprint density at radius 1 is 1.70 bits per heavy atom. The molecule has 0 amide bonds. The van der Waals surface area contributed by atoms with Gasteiger partial charge < -0.3 is 5.32 Å². The molecule has 0 spiro atoms.